The van der Waals surface area contributed by atoms with Crippen molar-refractivity contribution >= 4 is 29.9 Å². The summed E-state index contributed by atoms with van der Waals surface area (Å²) in [7, 11) is 2.94. The number of anilines is 1. The van der Waals surface area contributed by atoms with Gasteiger partial charge in [0.05, 0.1) is 25.9 Å². The van der Waals surface area contributed by atoms with Crippen molar-refractivity contribution in [2.45, 2.75) is 13.5 Å². The molecule has 0 aliphatic rings. The Balaban J connectivity index is 2.26. The van der Waals surface area contributed by atoms with E-state index in [9.17, 15) is 9.18 Å². The molecule has 0 bridgehead atoms. The highest BCUT2D eigenvalue weighted by Gasteiger charge is 2.12. The van der Waals surface area contributed by atoms with Gasteiger partial charge in [0.1, 0.15) is 11.6 Å². The molecule has 0 aliphatic carbocycles. The van der Waals surface area contributed by atoms with Gasteiger partial charge in [-0.3, -0.25) is 4.79 Å². The molecule has 29 heavy (non-hydrogen) atoms. The molecular formula is C21H23ClFN3O3. The number of benzene rings is 2. The number of rotatable bonds is 9. The summed E-state index contributed by atoms with van der Waals surface area (Å²) in [4.78, 5) is 17.1. The fourth-order valence-electron chi connectivity index (χ4n) is 2.60. The Bertz CT molecular complexity index is 901. The van der Waals surface area contributed by atoms with Crippen LogP contribution >= 0.6 is 11.6 Å². The lowest BCUT2D eigenvalue weighted by molar-refractivity contribution is -0.117. The first-order chi connectivity index (χ1) is 13.9. The van der Waals surface area contributed by atoms with E-state index >= 15 is 0 Å². The molecule has 0 aliphatic heterocycles. The molecule has 0 saturated heterocycles. The van der Waals surface area contributed by atoms with Crippen molar-refractivity contribution < 1.29 is 18.7 Å². The van der Waals surface area contributed by atoms with Crippen LogP contribution in [0.4, 0.5) is 10.1 Å². The summed E-state index contributed by atoms with van der Waals surface area (Å²) in [6.45, 7) is 5.88. The highest BCUT2D eigenvalue weighted by molar-refractivity contribution is 6.32. The predicted octanol–water partition coefficient (Wildman–Crippen LogP) is 4.38. The third kappa shape index (κ3) is 6.22. The number of amides is 1. The number of hydrogen-bond acceptors (Lipinski definition) is 5. The summed E-state index contributed by atoms with van der Waals surface area (Å²) in [5.41, 5.74) is 2.59. The van der Waals surface area contributed by atoms with Gasteiger partial charge in [0.2, 0.25) is 5.76 Å². The van der Waals surface area contributed by atoms with E-state index in [-0.39, 0.29) is 11.6 Å². The van der Waals surface area contributed by atoms with Gasteiger partial charge in [-0.25, -0.2) is 9.38 Å². The Morgan fingerprint density at radius 2 is 2.00 bits per heavy atom. The summed E-state index contributed by atoms with van der Waals surface area (Å²) in [5.74, 6) is -0.281. The molecule has 0 heterocycles. The smallest absolute Gasteiger partial charge is 0.312 e. The number of halogens is 2. The first-order valence-corrected chi connectivity index (χ1v) is 9.09. The molecule has 0 saturated carbocycles. The van der Waals surface area contributed by atoms with Crippen molar-refractivity contribution in [3.05, 3.63) is 70.3 Å². The second-order valence-electron chi connectivity index (χ2n) is 6.17. The Kier molecular flexibility index (Phi) is 8.03. The van der Waals surface area contributed by atoms with Crippen LogP contribution in [0.5, 0.6) is 5.75 Å². The first-order valence-electron chi connectivity index (χ1n) is 8.71. The number of nitrogens with zero attached hydrogens (tertiary/aromatic N) is 2. The number of aryl methyl sites for hydroxylation is 1. The van der Waals surface area contributed by atoms with Crippen LogP contribution in [0.3, 0.4) is 0 Å². The number of carbonyl (C=O) groups is 1. The van der Waals surface area contributed by atoms with Crippen molar-refractivity contribution in [3.8, 4) is 5.75 Å². The van der Waals surface area contributed by atoms with Crippen molar-refractivity contribution in [1.29, 1.82) is 0 Å². The number of nitrogens with one attached hydrogen (secondary N) is 1. The molecule has 1 N–H and O–H groups in total. The molecule has 2 aromatic carbocycles. The van der Waals surface area contributed by atoms with Crippen LogP contribution in [0.25, 0.3) is 0 Å². The van der Waals surface area contributed by atoms with E-state index in [0.717, 1.165) is 16.8 Å². The highest BCUT2D eigenvalue weighted by Crippen LogP contribution is 2.30. The third-order valence-electron chi connectivity index (χ3n) is 4.14. The van der Waals surface area contributed by atoms with Crippen molar-refractivity contribution in [2.75, 3.05) is 26.2 Å². The molecule has 2 aromatic rings. The van der Waals surface area contributed by atoms with Crippen LogP contribution in [0.15, 0.2) is 53.3 Å². The summed E-state index contributed by atoms with van der Waals surface area (Å²) in [6, 6.07) is 9.70. The number of aliphatic imine (C=N–C) groups is 1. The van der Waals surface area contributed by atoms with Crippen LogP contribution in [0.2, 0.25) is 5.02 Å². The summed E-state index contributed by atoms with van der Waals surface area (Å²) < 4.78 is 23.6. The first kappa shape index (κ1) is 22.2. The van der Waals surface area contributed by atoms with Crippen molar-refractivity contribution in [1.82, 2.24) is 4.90 Å². The van der Waals surface area contributed by atoms with Gasteiger partial charge in [0.25, 0.3) is 0 Å². The second-order valence-corrected chi connectivity index (χ2v) is 6.58. The van der Waals surface area contributed by atoms with E-state index in [1.165, 1.54) is 25.4 Å². The zero-order valence-corrected chi connectivity index (χ0v) is 17.3. The van der Waals surface area contributed by atoms with Gasteiger partial charge >= 0.3 is 5.91 Å². The fraction of sp³-hybridized carbons (Fsp3) is 0.238. The minimum Gasteiger partial charge on any atom is -0.495 e. The monoisotopic (exact) mass is 419 g/mol. The predicted molar refractivity (Wildman–Crippen MR) is 113 cm³/mol. The lowest BCUT2D eigenvalue weighted by atomic mass is 10.2. The molecule has 0 radical (unpaired) electrons. The molecular weight excluding hydrogens is 397 g/mol. The van der Waals surface area contributed by atoms with Gasteiger partial charge in [-0.1, -0.05) is 23.7 Å². The van der Waals surface area contributed by atoms with Gasteiger partial charge in [0, 0.05) is 18.4 Å². The Labute approximate surface area is 174 Å². The van der Waals surface area contributed by atoms with E-state index in [1.54, 1.807) is 30.2 Å². The number of methoxy groups -OCH3 is 2. The quantitative estimate of drug-likeness (QED) is 0.283. The average molecular weight is 420 g/mol. The Morgan fingerprint density at radius 1 is 1.31 bits per heavy atom. The largest absolute Gasteiger partial charge is 0.495 e. The minimum atomic E-state index is -0.583. The molecule has 0 unspecified atom stereocenters. The van der Waals surface area contributed by atoms with Crippen LogP contribution in [0, 0.1) is 12.7 Å². The molecule has 154 valence electrons. The van der Waals surface area contributed by atoms with E-state index in [1.807, 2.05) is 13.0 Å². The van der Waals surface area contributed by atoms with E-state index in [4.69, 9.17) is 21.1 Å². The zero-order chi connectivity index (χ0) is 21.4. The molecule has 1 amide bonds. The number of ether oxygens (including phenoxy) is 2. The fourth-order valence-corrected chi connectivity index (χ4v) is 2.84. The van der Waals surface area contributed by atoms with Crippen LogP contribution in [-0.4, -0.2) is 38.4 Å². The van der Waals surface area contributed by atoms with Crippen LogP contribution in [-0.2, 0) is 16.1 Å². The molecule has 0 spiro atoms. The molecule has 0 atom stereocenters. The molecule has 0 fully saturated rings. The zero-order valence-electron chi connectivity index (χ0n) is 16.5. The minimum absolute atomic E-state index is 0.0356. The van der Waals surface area contributed by atoms with Gasteiger partial charge in [-0.2, -0.15) is 0 Å². The summed E-state index contributed by atoms with van der Waals surface area (Å²) in [5, 5.41) is 3.75. The molecule has 8 heteroatoms. The Morgan fingerprint density at radius 3 is 2.59 bits per heavy atom. The van der Waals surface area contributed by atoms with E-state index in [2.05, 4.69) is 17.0 Å². The van der Waals surface area contributed by atoms with E-state index in [0.29, 0.717) is 24.0 Å². The van der Waals surface area contributed by atoms with E-state index < -0.39 is 5.91 Å². The van der Waals surface area contributed by atoms with Gasteiger partial charge in [0.15, 0.2) is 0 Å². The SMILES string of the molecule is C=NC(=O)/C(=C\N(CNc1cc(Cl)c(OC)cc1C)Cc1ccc(F)cc1)OC. The lowest BCUT2D eigenvalue weighted by Crippen LogP contribution is -2.26. The lowest BCUT2D eigenvalue weighted by Gasteiger charge is -2.23. The topological polar surface area (TPSA) is 63.2 Å². The molecule has 6 nitrogen and oxygen atoms in total. The third-order valence-corrected chi connectivity index (χ3v) is 4.44. The van der Waals surface area contributed by atoms with Crippen LogP contribution < -0.4 is 10.1 Å². The maximum Gasteiger partial charge on any atom is 0.312 e. The van der Waals surface area contributed by atoms with Gasteiger partial charge in [-0.05, 0) is 49.0 Å². The van der Waals surface area contributed by atoms with Crippen molar-refractivity contribution in [2.24, 2.45) is 4.99 Å². The number of carbonyl (C=O) groups excluding carboxylic acids is 1. The van der Waals surface area contributed by atoms with Gasteiger partial charge < -0.3 is 19.7 Å². The second kappa shape index (κ2) is 10.5. The van der Waals surface area contributed by atoms with Crippen molar-refractivity contribution in [3.63, 3.8) is 0 Å². The summed E-state index contributed by atoms with van der Waals surface area (Å²) >= 11 is 6.22. The summed E-state index contributed by atoms with van der Waals surface area (Å²) in [6.07, 6.45) is 1.54. The number of hydrogen-bond donors (Lipinski definition) is 1. The molecule has 2 rings (SSSR count). The molecule has 0 aromatic heterocycles. The maximum atomic E-state index is 13.2. The standard InChI is InChI=1S/C21H23ClFN3O3/c1-14-9-19(28-3)17(22)10-18(14)25-13-26(12-20(29-4)21(27)24-2)11-15-5-7-16(23)8-6-15/h5-10,12,25H,2,11,13H2,1,3-4H3/b20-12+. The normalized spacial score (nSPS) is 11.0. The highest BCUT2D eigenvalue weighted by atomic mass is 35.5. The maximum absolute atomic E-state index is 13.2. The average Bonchev–Trinajstić information content (AvgIpc) is 2.72. The van der Waals surface area contributed by atoms with Gasteiger partial charge in [-0.15, -0.1) is 0 Å². The van der Waals surface area contributed by atoms with Crippen LogP contribution in [0.1, 0.15) is 11.1 Å². The Hall–Kier alpha value is -3.06.